The van der Waals surface area contributed by atoms with Gasteiger partial charge < -0.3 is 19.7 Å². The maximum atomic E-state index is 12.9. The molecule has 1 atom stereocenters. The van der Waals surface area contributed by atoms with Crippen LogP contribution in [0.25, 0.3) is 0 Å². The van der Waals surface area contributed by atoms with E-state index in [2.05, 4.69) is 20.1 Å². The van der Waals surface area contributed by atoms with E-state index < -0.39 is 5.60 Å². The van der Waals surface area contributed by atoms with Gasteiger partial charge in [0.2, 0.25) is 0 Å². The maximum Gasteiger partial charge on any atom is 0.264 e. The Hall–Kier alpha value is -2.57. The van der Waals surface area contributed by atoms with Gasteiger partial charge in [-0.2, -0.15) is 0 Å². The van der Waals surface area contributed by atoms with Crippen molar-refractivity contribution < 1.29 is 14.6 Å². The van der Waals surface area contributed by atoms with E-state index in [9.17, 15) is 9.90 Å². The zero-order valence-electron chi connectivity index (χ0n) is 16.3. The van der Waals surface area contributed by atoms with Crippen LogP contribution in [0.1, 0.15) is 53.7 Å². The summed E-state index contributed by atoms with van der Waals surface area (Å²) in [4.78, 5) is 12.9. The van der Waals surface area contributed by atoms with Crippen LogP contribution in [0.2, 0.25) is 0 Å². The minimum Gasteiger partial charge on any atom is -0.507 e. The van der Waals surface area contributed by atoms with E-state index in [0.29, 0.717) is 25.1 Å². The molecule has 0 unspecified atom stereocenters. The number of ether oxygens (including phenoxy) is 1. The number of phenols is 1. The number of nitrogens with one attached hydrogen (secondary N) is 1. The molecule has 7 nitrogen and oxygen atoms in total. The fourth-order valence-electron chi connectivity index (χ4n) is 4.10. The quantitative estimate of drug-likeness (QED) is 0.865. The average Bonchev–Trinajstić information content (AvgIpc) is 3.26. The first-order valence-corrected chi connectivity index (χ1v) is 9.51. The molecule has 2 aliphatic rings. The molecule has 1 aromatic carbocycles. The Balaban J connectivity index is 1.53. The largest absolute Gasteiger partial charge is 0.507 e. The van der Waals surface area contributed by atoms with Crippen LogP contribution in [0.4, 0.5) is 0 Å². The lowest BCUT2D eigenvalue weighted by Crippen LogP contribution is -2.51. The minimum absolute atomic E-state index is 0.147. The van der Waals surface area contributed by atoms with Crippen molar-refractivity contribution in [1.82, 2.24) is 20.1 Å². The molecular formula is C20H26N4O3. The van der Waals surface area contributed by atoms with Gasteiger partial charge in [-0.3, -0.25) is 4.79 Å². The molecule has 7 heteroatoms. The molecule has 0 bridgehead atoms. The van der Waals surface area contributed by atoms with E-state index in [1.165, 1.54) is 0 Å². The predicted octanol–water partition coefficient (Wildman–Crippen LogP) is 2.26. The highest BCUT2D eigenvalue weighted by Crippen LogP contribution is 2.43. The van der Waals surface area contributed by atoms with Gasteiger partial charge >= 0.3 is 0 Å². The lowest BCUT2D eigenvalue weighted by atomic mass is 9.86. The first-order valence-electron chi connectivity index (χ1n) is 9.51. The van der Waals surface area contributed by atoms with Crippen molar-refractivity contribution in [2.24, 2.45) is 0 Å². The standard InChI is InChI=1S/C20H26N4O3/c1-11-12(2)18-14(13(3)17(11)25)7-8-20(4,27-18)19(26)21-10-16-23-22-15-6-5-9-24(15)16/h25H,5-10H2,1-4H3,(H,21,26)/t20-/m0/s1. The van der Waals surface area contributed by atoms with Crippen LogP contribution < -0.4 is 10.1 Å². The fraction of sp³-hybridized carbons (Fsp3) is 0.550. The average molecular weight is 370 g/mol. The van der Waals surface area contributed by atoms with Crippen LogP contribution in [0.15, 0.2) is 0 Å². The highest BCUT2D eigenvalue weighted by molar-refractivity contribution is 5.85. The fourth-order valence-corrected chi connectivity index (χ4v) is 4.10. The van der Waals surface area contributed by atoms with Gasteiger partial charge in [0.1, 0.15) is 17.3 Å². The number of benzene rings is 1. The van der Waals surface area contributed by atoms with Gasteiger partial charge in [-0.05, 0) is 57.2 Å². The van der Waals surface area contributed by atoms with E-state index in [4.69, 9.17) is 4.74 Å². The second-order valence-corrected chi connectivity index (χ2v) is 7.83. The molecule has 144 valence electrons. The summed E-state index contributed by atoms with van der Waals surface area (Å²) in [5.74, 6) is 2.70. The van der Waals surface area contributed by atoms with Crippen molar-refractivity contribution in [2.45, 2.75) is 72.1 Å². The van der Waals surface area contributed by atoms with E-state index in [1.54, 1.807) is 0 Å². The third-order valence-corrected chi connectivity index (χ3v) is 6.09. The minimum atomic E-state index is -0.943. The summed E-state index contributed by atoms with van der Waals surface area (Å²) in [6.07, 6.45) is 3.28. The molecule has 1 amide bonds. The third-order valence-electron chi connectivity index (χ3n) is 6.09. The summed E-state index contributed by atoms with van der Waals surface area (Å²) in [6, 6.07) is 0. The number of fused-ring (bicyclic) bond motifs is 2. The highest BCUT2D eigenvalue weighted by atomic mass is 16.5. The van der Waals surface area contributed by atoms with Gasteiger partial charge in [0.05, 0.1) is 6.54 Å². The molecule has 2 N–H and O–H groups in total. The van der Waals surface area contributed by atoms with Gasteiger partial charge in [-0.25, -0.2) is 0 Å². The Morgan fingerprint density at radius 2 is 2.00 bits per heavy atom. The van der Waals surface area contributed by atoms with Gasteiger partial charge in [0.25, 0.3) is 5.91 Å². The van der Waals surface area contributed by atoms with Gasteiger partial charge in [0, 0.05) is 24.9 Å². The lowest BCUT2D eigenvalue weighted by Gasteiger charge is -2.36. The molecule has 4 rings (SSSR count). The highest BCUT2D eigenvalue weighted by Gasteiger charge is 2.40. The molecule has 0 saturated carbocycles. The molecule has 0 radical (unpaired) electrons. The third kappa shape index (κ3) is 2.76. The number of carbonyl (C=O) groups excluding carboxylic acids is 1. The number of rotatable bonds is 3. The van der Waals surface area contributed by atoms with Crippen LogP contribution in [0, 0.1) is 20.8 Å². The number of aryl methyl sites for hydroxylation is 1. The van der Waals surface area contributed by atoms with Gasteiger partial charge in [-0.1, -0.05) is 0 Å². The first-order chi connectivity index (χ1) is 12.8. The summed E-state index contributed by atoms with van der Waals surface area (Å²) < 4.78 is 8.31. The number of hydrogen-bond donors (Lipinski definition) is 2. The van der Waals surface area contributed by atoms with Crippen molar-refractivity contribution in [3.8, 4) is 11.5 Å². The van der Waals surface area contributed by atoms with E-state index >= 15 is 0 Å². The Morgan fingerprint density at radius 3 is 2.78 bits per heavy atom. The van der Waals surface area contributed by atoms with Crippen LogP contribution in [-0.4, -0.2) is 31.4 Å². The molecule has 3 heterocycles. The number of amides is 1. The first kappa shape index (κ1) is 17.8. The Labute approximate surface area is 158 Å². The Bertz CT molecular complexity index is 934. The lowest BCUT2D eigenvalue weighted by molar-refractivity contribution is -0.137. The number of aromatic hydroxyl groups is 1. The number of carbonyl (C=O) groups is 1. The molecule has 2 aromatic rings. The molecule has 0 aliphatic carbocycles. The predicted molar refractivity (Wildman–Crippen MR) is 99.9 cm³/mol. The van der Waals surface area contributed by atoms with Crippen molar-refractivity contribution in [3.63, 3.8) is 0 Å². The van der Waals surface area contributed by atoms with Crippen molar-refractivity contribution in [1.29, 1.82) is 0 Å². The SMILES string of the molecule is Cc1c(C)c2c(c(C)c1O)CC[C@@](C)(C(=O)NCc1nnc3n1CCC3)O2. The van der Waals surface area contributed by atoms with Crippen molar-refractivity contribution in [3.05, 3.63) is 33.9 Å². The summed E-state index contributed by atoms with van der Waals surface area (Å²) in [5.41, 5.74) is 2.59. The van der Waals surface area contributed by atoms with Crippen LogP contribution in [-0.2, 0) is 30.7 Å². The molecule has 1 aromatic heterocycles. The van der Waals surface area contributed by atoms with E-state index in [-0.39, 0.29) is 5.91 Å². The van der Waals surface area contributed by atoms with Crippen molar-refractivity contribution in [2.75, 3.05) is 0 Å². The normalized spacial score (nSPS) is 20.7. The van der Waals surface area contributed by atoms with Crippen molar-refractivity contribution >= 4 is 5.91 Å². The zero-order chi connectivity index (χ0) is 19.3. The summed E-state index contributed by atoms with van der Waals surface area (Å²) in [6.45, 7) is 8.80. The summed E-state index contributed by atoms with van der Waals surface area (Å²) >= 11 is 0. The second-order valence-electron chi connectivity index (χ2n) is 7.83. The second kappa shape index (κ2) is 6.25. The van der Waals surface area contributed by atoms with Gasteiger partial charge in [0.15, 0.2) is 11.4 Å². The van der Waals surface area contributed by atoms with E-state index in [1.807, 2.05) is 27.7 Å². The molecule has 0 fully saturated rings. The molecule has 0 spiro atoms. The van der Waals surface area contributed by atoms with Crippen LogP contribution in [0.5, 0.6) is 11.5 Å². The Kier molecular flexibility index (Phi) is 4.13. The maximum absolute atomic E-state index is 12.9. The number of phenolic OH excluding ortho intramolecular Hbond substituents is 1. The molecular weight excluding hydrogens is 344 g/mol. The number of nitrogens with zero attached hydrogens (tertiary/aromatic N) is 3. The summed E-state index contributed by atoms with van der Waals surface area (Å²) in [7, 11) is 0. The van der Waals surface area contributed by atoms with Crippen LogP contribution in [0.3, 0.4) is 0 Å². The number of aromatic nitrogens is 3. The van der Waals surface area contributed by atoms with Crippen LogP contribution >= 0.6 is 0 Å². The molecule has 2 aliphatic heterocycles. The van der Waals surface area contributed by atoms with Gasteiger partial charge in [-0.15, -0.1) is 10.2 Å². The molecule has 27 heavy (non-hydrogen) atoms. The summed E-state index contributed by atoms with van der Waals surface area (Å²) in [5, 5.41) is 21.6. The smallest absolute Gasteiger partial charge is 0.264 e. The zero-order valence-corrected chi connectivity index (χ0v) is 16.3. The Morgan fingerprint density at radius 1 is 1.22 bits per heavy atom. The topological polar surface area (TPSA) is 89.3 Å². The number of hydrogen-bond acceptors (Lipinski definition) is 5. The van der Waals surface area contributed by atoms with E-state index in [0.717, 1.165) is 59.0 Å². The molecule has 0 saturated heterocycles. The monoisotopic (exact) mass is 370 g/mol.